The molecule has 8 aromatic rings. The average Bonchev–Trinajstić information content (AvgIpc) is 0.782. The van der Waals surface area contributed by atoms with Crippen molar-refractivity contribution in [2.45, 2.75) is 287 Å². The standard InChI is InChI=1S/C25H40GeN.2C24H38GeN.C21H32GeN/c1-11-19(12-2)20-14-13-18(3)21(15-20)24-16-22(25(4,5)6)23(17-27(24)10)26(7,8)9;1-17-12-13-18(23(2,3)4)14-19(17)22-15-20(24(5,6)7)21(16-26(22)11)25(8,9)10;1-17(2)13-19-12-11-18(3)20(14-19)23-15-21(24(4,5)6)22(16-26(23)10)25(7,8)9;1-15-10-11-17(16(2)12-15)20-13-18(21(3,4)5)19(14-23(20)9)22(6,7)8/h13-17,19H,11-12H2,1-10H3;12-16H,1-11H3;11-12,14-17H,13H2,1-10H3;10-14H,1-9H3/q4*+1. The molecule has 556 valence electrons. The summed E-state index contributed by atoms with van der Waals surface area (Å²) in [6.07, 6.45) is 13.3. The van der Waals surface area contributed by atoms with Gasteiger partial charge in [0.25, 0.3) is 0 Å². The third kappa shape index (κ3) is 22.9. The summed E-state index contributed by atoms with van der Waals surface area (Å²) in [4.78, 5) is 0. The molecular weight excluding hydrogens is 1480 g/mol. The van der Waals surface area contributed by atoms with E-state index in [1.54, 1.807) is 17.6 Å². The van der Waals surface area contributed by atoms with Crippen molar-refractivity contribution in [3.05, 3.63) is 189 Å². The zero-order valence-corrected chi connectivity index (χ0v) is 81.5. The van der Waals surface area contributed by atoms with Crippen molar-refractivity contribution in [2.75, 3.05) is 0 Å². The van der Waals surface area contributed by atoms with Gasteiger partial charge in [-0.3, -0.25) is 0 Å². The van der Waals surface area contributed by atoms with Crippen LogP contribution in [0, 0.1) is 40.5 Å². The summed E-state index contributed by atoms with van der Waals surface area (Å²) < 4.78 is 15.9. The monoisotopic (exact) mass is 1630 g/mol. The summed E-state index contributed by atoms with van der Waals surface area (Å²) in [5.41, 5.74) is 28.8. The molecule has 0 atom stereocenters. The van der Waals surface area contributed by atoms with Crippen LogP contribution in [0.3, 0.4) is 0 Å². The molecule has 0 aliphatic carbocycles. The van der Waals surface area contributed by atoms with Crippen LogP contribution in [0.4, 0.5) is 0 Å². The molecule has 0 N–H and O–H groups in total. The summed E-state index contributed by atoms with van der Waals surface area (Å²) in [5, 5.41) is 0. The number of hydrogen-bond acceptors (Lipinski definition) is 0. The Kier molecular flexibility index (Phi) is 28.9. The predicted octanol–water partition coefficient (Wildman–Crippen LogP) is 22.0. The van der Waals surface area contributed by atoms with Gasteiger partial charge in [0.15, 0.2) is 0 Å². The van der Waals surface area contributed by atoms with Crippen LogP contribution in [0.25, 0.3) is 45.0 Å². The number of pyridine rings is 4. The number of hydrogen-bond donors (Lipinski definition) is 0. The van der Waals surface area contributed by atoms with Crippen LogP contribution < -0.4 is 35.9 Å². The van der Waals surface area contributed by atoms with Gasteiger partial charge in [-0.05, 0) is 0 Å². The van der Waals surface area contributed by atoms with Gasteiger partial charge in [0.05, 0.1) is 0 Å². The van der Waals surface area contributed by atoms with Crippen molar-refractivity contribution in [1.29, 1.82) is 0 Å². The second-order valence-electron chi connectivity index (χ2n) is 40.3. The van der Waals surface area contributed by atoms with E-state index in [-0.39, 0.29) is 27.1 Å². The summed E-state index contributed by atoms with van der Waals surface area (Å²) in [5.74, 6) is 31.3. The van der Waals surface area contributed by atoms with Gasteiger partial charge in [-0.25, -0.2) is 0 Å². The van der Waals surface area contributed by atoms with E-state index >= 15 is 0 Å². The van der Waals surface area contributed by atoms with E-state index in [1.807, 2.05) is 0 Å². The van der Waals surface area contributed by atoms with E-state index in [4.69, 9.17) is 0 Å². The molecule has 0 bridgehead atoms. The van der Waals surface area contributed by atoms with Crippen molar-refractivity contribution in [1.82, 2.24) is 0 Å². The molecule has 0 saturated carbocycles. The van der Waals surface area contributed by atoms with Crippen molar-refractivity contribution >= 4 is 70.6 Å². The van der Waals surface area contributed by atoms with Gasteiger partial charge in [-0.2, -0.15) is 0 Å². The normalized spacial score (nSPS) is 12.8. The molecular formula is C94H148Ge4N4+4. The molecule has 0 spiro atoms. The Labute approximate surface area is 638 Å². The Morgan fingerprint density at radius 1 is 0.324 bits per heavy atom. The van der Waals surface area contributed by atoms with Gasteiger partial charge in [0.1, 0.15) is 0 Å². The predicted molar refractivity (Wildman–Crippen MR) is 463 cm³/mol. The van der Waals surface area contributed by atoms with E-state index in [0.717, 1.165) is 6.42 Å². The molecule has 0 aliphatic rings. The van der Waals surface area contributed by atoms with Gasteiger partial charge in [-0.1, -0.05) is 0 Å². The van der Waals surface area contributed by atoms with Gasteiger partial charge in [-0.15, -0.1) is 0 Å². The molecule has 0 aliphatic heterocycles. The first-order chi connectivity index (χ1) is 46.2. The van der Waals surface area contributed by atoms with Crippen molar-refractivity contribution in [3.63, 3.8) is 0 Å². The number of benzene rings is 4. The Bertz CT molecular complexity index is 4230. The fraction of sp³-hybridized carbons (Fsp3) is 0.532. The first kappa shape index (κ1) is 88.3. The Morgan fingerprint density at radius 2 is 0.627 bits per heavy atom. The quantitative estimate of drug-likeness (QED) is 0.0808. The van der Waals surface area contributed by atoms with Crippen LogP contribution >= 0.6 is 0 Å². The van der Waals surface area contributed by atoms with Gasteiger partial charge >= 0.3 is 644 Å². The van der Waals surface area contributed by atoms with Crippen molar-refractivity contribution in [3.8, 4) is 45.0 Å². The first-order valence-corrected chi connectivity index (χ1v) is 68.2. The zero-order valence-electron chi connectivity index (χ0n) is 73.1. The molecule has 0 amide bonds. The molecule has 4 nitrogen and oxygen atoms in total. The van der Waals surface area contributed by atoms with Crippen LogP contribution in [0.5, 0.6) is 0 Å². The average molecular weight is 1620 g/mol. The van der Waals surface area contributed by atoms with Crippen molar-refractivity contribution < 1.29 is 18.3 Å². The topological polar surface area (TPSA) is 15.5 Å². The van der Waals surface area contributed by atoms with E-state index in [9.17, 15) is 0 Å². The van der Waals surface area contributed by atoms with Crippen molar-refractivity contribution in [2.24, 2.45) is 34.1 Å². The second kappa shape index (κ2) is 33.4. The molecule has 8 rings (SSSR count). The minimum atomic E-state index is -1.96. The van der Waals surface area contributed by atoms with Gasteiger partial charge < -0.3 is 0 Å². The maximum atomic E-state index is 2.50. The Balaban J connectivity index is 0.000000245. The number of rotatable bonds is 13. The van der Waals surface area contributed by atoms with E-state index in [1.165, 1.54) is 125 Å². The number of aromatic nitrogens is 4. The van der Waals surface area contributed by atoms with Gasteiger partial charge in [0, 0.05) is 0 Å². The van der Waals surface area contributed by atoms with Crippen LogP contribution in [0.2, 0.25) is 69.1 Å². The third-order valence-corrected chi connectivity index (χ3v) is 37.7. The second-order valence-corrected chi connectivity index (χ2v) is 82.6. The molecule has 102 heavy (non-hydrogen) atoms. The minimum absolute atomic E-state index is 0.159. The van der Waals surface area contributed by atoms with Crippen LogP contribution in [-0.4, -0.2) is 53.1 Å². The summed E-state index contributed by atoms with van der Waals surface area (Å²) in [7, 11) is 8.84. The van der Waals surface area contributed by atoms with Gasteiger partial charge in [0.2, 0.25) is 0 Å². The Hall–Kier alpha value is -4.35. The van der Waals surface area contributed by atoms with E-state index in [0.29, 0.717) is 11.8 Å². The molecule has 4 heterocycles. The molecule has 4 aromatic carbocycles. The Morgan fingerprint density at radius 3 is 0.922 bits per heavy atom. The van der Waals surface area contributed by atoms with Crippen LogP contribution in [0.15, 0.2) is 122 Å². The summed E-state index contributed by atoms with van der Waals surface area (Å²) >= 11 is -7.79. The zero-order chi connectivity index (χ0) is 78.1. The van der Waals surface area contributed by atoms with Crippen LogP contribution in [-0.2, 0) is 61.7 Å². The third-order valence-electron chi connectivity index (χ3n) is 20.8. The summed E-state index contributed by atoms with van der Waals surface area (Å²) in [6, 6.07) is 37.7. The van der Waals surface area contributed by atoms with Crippen LogP contribution in [0.1, 0.15) is 217 Å². The number of nitrogens with zero attached hydrogens (tertiary/aromatic N) is 4. The fourth-order valence-corrected chi connectivity index (χ4v) is 29.9. The summed E-state index contributed by atoms with van der Waals surface area (Å²) in [6.45, 7) is 55.3. The fourth-order valence-electron chi connectivity index (χ4n) is 14.5. The van der Waals surface area contributed by atoms with E-state index < -0.39 is 53.1 Å². The molecule has 4 aromatic heterocycles. The molecule has 0 radical (unpaired) electrons. The van der Waals surface area contributed by atoms with E-state index in [2.05, 4.69) is 404 Å². The molecule has 0 fully saturated rings. The number of aryl methyl sites for hydroxylation is 9. The maximum absolute atomic E-state index is 2.50. The molecule has 0 saturated heterocycles. The SMILES string of the molecule is CCC(CC)c1ccc(C)c(-c2cc(C(C)(C)C)[c]([Ge]([CH3])([CH3])[CH3])c[n+]2C)c1.Cc1ccc(-c2cc(C(C)(C)C)[c]([Ge]([CH3])([CH3])[CH3])c[n+]2C)c(C)c1.Cc1ccc(C(C)(C)C)cc1-c1cc(C(C)(C)C)[c]([Ge]([CH3])([CH3])[CH3])c[n+]1C.Cc1ccc(CC(C)C)cc1-c1cc(C(C)(C)C)[c]([Ge]([CH3])([CH3])[CH3])c[n+]1C. The first-order valence-electron chi connectivity index (χ1n) is 38.8. The molecule has 0 unspecified atom stereocenters. The molecule has 8 heteroatoms.